The van der Waals surface area contributed by atoms with Crippen LogP contribution >= 0.6 is 0 Å². The van der Waals surface area contributed by atoms with E-state index in [1.165, 1.54) is 12.1 Å². The van der Waals surface area contributed by atoms with E-state index in [1.807, 2.05) is 36.4 Å². The van der Waals surface area contributed by atoms with Crippen molar-refractivity contribution in [2.75, 3.05) is 0 Å². The molecule has 108 valence electrons. The number of halogens is 1. The molecular weight excluding hydrogens is 263 g/mol. The molecule has 2 aromatic carbocycles. The smallest absolute Gasteiger partial charge is 0.123 e. The van der Waals surface area contributed by atoms with Crippen molar-refractivity contribution in [2.24, 2.45) is 0 Å². The Hall–Kier alpha value is -2.18. The first-order chi connectivity index (χ1) is 10.1. The van der Waals surface area contributed by atoms with Gasteiger partial charge in [-0.2, -0.15) is 5.26 Å². The predicted octanol–water partition coefficient (Wildman–Crippen LogP) is 3.98. The monoisotopic (exact) mass is 282 g/mol. The minimum absolute atomic E-state index is 0.202. The molecule has 0 aromatic heterocycles. The summed E-state index contributed by atoms with van der Waals surface area (Å²) in [6.45, 7) is 4.21. The summed E-state index contributed by atoms with van der Waals surface area (Å²) < 4.78 is 12.9. The second kappa shape index (κ2) is 7.01. The van der Waals surface area contributed by atoms with Gasteiger partial charge in [-0.05, 0) is 55.7 Å². The minimum Gasteiger partial charge on any atom is -0.307 e. The van der Waals surface area contributed by atoms with E-state index >= 15 is 0 Å². The zero-order valence-corrected chi connectivity index (χ0v) is 12.3. The van der Waals surface area contributed by atoms with Crippen LogP contribution < -0.4 is 5.32 Å². The van der Waals surface area contributed by atoms with Crippen LogP contribution in [0.25, 0.3) is 0 Å². The Bertz CT molecular complexity index is 611. The van der Waals surface area contributed by atoms with E-state index in [0.717, 1.165) is 17.5 Å². The first kappa shape index (κ1) is 15.2. The first-order valence-electron chi connectivity index (χ1n) is 7.09. The zero-order chi connectivity index (χ0) is 15.2. The van der Waals surface area contributed by atoms with Gasteiger partial charge in [0.1, 0.15) is 5.82 Å². The third-order valence-electron chi connectivity index (χ3n) is 3.53. The number of hydrogen-bond acceptors (Lipinski definition) is 2. The summed E-state index contributed by atoms with van der Waals surface area (Å²) in [5.41, 5.74) is 2.94. The highest BCUT2D eigenvalue weighted by atomic mass is 19.1. The molecule has 3 heteroatoms. The van der Waals surface area contributed by atoms with Crippen molar-refractivity contribution in [2.45, 2.75) is 32.4 Å². The van der Waals surface area contributed by atoms with Crippen molar-refractivity contribution in [3.63, 3.8) is 0 Å². The van der Waals surface area contributed by atoms with Crippen LogP contribution in [0.4, 0.5) is 4.39 Å². The summed E-state index contributed by atoms with van der Waals surface area (Å²) in [5.74, 6) is -0.203. The van der Waals surface area contributed by atoms with Crippen LogP contribution in [0.15, 0.2) is 48.5 Å². The molecule has 0 heterocycles. The van der Waals surface area contributed by atoms with E-state index in [9.17, 15) is 4.39 Å². The van der Waals surface area contributed by atoms with Gasteiger partial charge in [0.25, 0.3) is 0 Å². The van der Waals surface area contributed by atoms with Gasteiger partial charge in [0, 0.05) is 12.1 Å². The Labute approximate surface area is 125 Å². The fourth-order valence-corrected chi connectivity index (χ4v) is 2.40. The van der Waals surface area contributed by atoms with Gasteiger partial charge in [-0.3, -0.25) is 0 Å². The molecule has 0 bridgehead atoms. The van der Waals surface area contributed by atoms with Crippen molar-refractivity contribution in [3.05, 3.63) is 71.0 Å². The molecule has 1 N–H and O–H groups in total. The molecule has 2 nitrogen and oxygen atoms in total. The second-order valence-electron chi connectivity index (χ2n) is 5.35. The van der Waals surface area contributed by atoms with Gasteiger partial charge in [0.15, 0.2) is 0 Å². The Morgan fingerprint density at radius 2 is 1.67 bits per heavy atom. The molecule has 0 aliphatic rings. The van der Waals surface area contributed by atoms with Gasteiger partial charge in [-0.1, -0.05) is 24.3 Å². The van der Waals surface area contributed by atoms with Crippen molar-refractivity contribution in [3.8, 4) is 6.07 Å². The van der Waals surface area contributed by atoms with Crippen molar-refractivity contribution >= 4 is 0 Å². The molecule has 2 aromatic rings. The largest absolute Gasteiger partial charge is 0.307 e. The second-order valence-corrected chi connectivity index (χ2v) is 5.35. The topological polar surface area (TPSA) is 35.8 Å². The Kier molecular flexibility index (Phi) is 5.08. The molecule has 2 atom stereocenters. The SMILES string of the molecule is CC(Cc1ccc(F)cc1)NC(C)c1ccc(C#N)cc1. The molecule has 0 spiro atoms. The third-order valence-corrected chi connectivity index (χ3v) is 3.53. The van der Waals surface area contributed by atoms with Crippen LogP contribution in [0.2, 0.25) is 0 Å². The molecule has 0 amide bonds. The van der Waals surface area contributed by atoms with E-state index in [4.69, 9.17) is 5.26 Å². The molecule has 21 heavy (non-hydrogen) atoms. The number of rotatable bonds is 5. The van der Waals surface area contributed by atoms with Crippen molar-refractivity contribution in [1.29, 1.82) is 5.26 Å². The molecule has 0 saturated heterocycles. The van der Waals surface area contributed by atoms with Crippen LogP contribution in [0.1, 0.15) is 36.6 Å². The van der Waals surface area contributed by atoms with Gasteiger partial charge in [-0.15, -0.1) is 0 Å². The number of nitriles is 1. The molecule has 0 aliphatic heterocycles. The van der Waals surface area contributed by atoms with Gasteiger partial charge in [-0.25, -0.2) is 4.39 Å². The summed E-state index contributed by atoms with van der Waals surface area (Å²) in [4.78, 5) is 0. The maximum absolute atomic E-state index is 12.9. The Balaban J connectivity index is 1.93. The number of nitrogens with zero attached hydrogens (tertiary/aromatic N) is 1. The summed E-state index contributed by atoms with van der Waals surface area (Å²) in [6.07, 6.45) is 0.848. The highest BCUT2D eigenvalue weighted by Crippen LogP contribution is 2.15. The first-order valence-corrected chi connectivity index (χ1v) is 7.09. The lowest BCUT2D eigenvalue weighted by Gasteiger charge is -2.20. The highest BCUT2D eigenvalue weighted by Gasteiger charge is 2.10. The van der Waals surface area contributed by atoms with Crippen molar-refractivity contribution in [1.82, 2.24) is 5.32 Å². The Morgan fingerprint density at radius 1 is 1.05 bits per heavy atom. The normalized spacial score (nSPS) is 13.4. The maximum Gasteiger partial charge on any atom is 0.123 e. The minimum atomic E-state index is -0.203. The maximum atomic E-state index is 12.9. The summed E-state index contributed by atoms with van der Waals surface area (Å²) in [7, 11) is 0. The van der Waals surface area contributed by atoms with Crippen LogP contribution in [0, 0.1) is 17.1 Å². The molecule has 0 saturated carbocycles. The molecule has 0 aliphatic carbocycles. The quantitative estimate of drug-likeness (QED) is 0.900. The predicted molar refractivity (Wildman–Crippen MR) is 82.3 cm³/mol. The lowest BCUT2D eigenvalue weighted by Crippen LogP contribution is -2.30. The van der Waals surface area contributed by atoms with E-state index in [2.05, 4.69) is 25.2 Å². The zero-order valence-electron chi connectivity index (χ0n) is 12.3. The number of hydrogen-bond donors (Lipinski definition) is 1. The molecule has 0 fully saturated rings. The van der Waals surface area contributed by atoms with Crippen molar-refractivity contribution < 1.29 is 4.39 Å². The average Bonchev–Trinajstić information content (AvgIpc) is 2.49. The molecule has 0 radical (unpaired) electrons. The highest BCUT2D eigenvalue weighted by molar-refractivity contribution is 5.32. The van der Waals surface area contributed by atoms with E-state index in [-0.39, 0.29) is 17.9 Å². The molecule has 2 unspecified atom stereocenters. The van der Waals surface area contributed by atoms with Crippen LogP contribution in [0.3, 0.4) is 0 Å². The van der Waals surface area contributed by atoms with Gasteiger partial charge < -0.3 is 5.32 Å². The average molecular weight is 282 g/mol. The van der Waals surface area contributed by atoms with Gasteiger partial charge in [0.05, 0.1) is 11.6 Å². The number of benzene rings is 2. The van der Waals surface area contributed by atoms with Crippen LogP contribution in [0.5, 0.6) is 0 Å². The Morgan fingerprint density at radius 3 is 2.24 bits per heavy atom. The fraction of sp³-hybridized carbons (Fsp3) is 0.278. The lowest BCUT2D eigenvalue weighted by atomic mass is 10.0. The van der Waals surface area contributed by atoms with E-state index in [1.54, 1.807) is 0 Å². The van der Waals surface area contributed by atoms with Crippen LogP contribution in [-0.2, 0) is 6.42 Å². The van der Waals surface area contributed by atoms with Gasteiger partial charge in [0.2, 0.25) is 0 Å². The molecule has 2 rings (SSSR count). The van der Waals surface area contributed by atoms with Crippen LogP contribution in [-0.4, -0.2) is 6.04 Å². The summed E-state index contributed by atoms with van der Waals surface area (Å²) in [6, 6.07) is 16.8. The standard InChI is InChI=1S/C18H19FN2/c1-13(11-15-5-9-18(19)10-6-15)21-14(2)17-7-3-16(12-20)4-8-17/h3-10,13-14,21H,11H2,1-2H3. The summed E-state index contributed by atoms with van der Waals surface area (Å²) >= 11 is 0. The van der Waals surface area contributed by atoms with E-state index < -0.39 is 0 Å². The molecular formula is C18H19FN2. The third kappa shape index (κ3) is 4.40. The van der Waals surface area contributed by atoms with Gasteiger partial charge >= 0.3 is 0 Å². The number of nitrogens with one attached hydrogen (secondary N) is 1. The lowest BCUT2D eigenvalue weighted by molar-refractivity contribution is 0.477. The fourth-order valence-electron chi connectivity index (χ4n) is 2.40. The summed E-state index contributed by atoms with van der Waals surface area (Å²) in [5, 5.41) is 12.3. The van der Waals surface area contributed by atoms with E-state index in [0.29, 0.717) is 5.56 Å².